The number of nitrogens with two attached hydrogens (primary N) is 1. The third-order valence-electron chi connectivity index (χ3n) is 1.28. The van der Waals surface area contributed by atoms with Gasteiger partial charge in [-0.05, 0) is 59.9 Å². The SMILES string of the molecule is NC(=O)c1cc(Br)c(Br)cc1Br. The van der Waals surface area contributed by atoms with Crippen molar-refractivity contribution in [2.45, 2.75) is 0 Å². The van der Waals surface area contributed by atoms with Gasteiger partial charge in [-0.2, -0.15) is 0 Å². The van der Waals surface area contributed by atoms with Gasteiger partial charge in [-0.1, -0.05) is 0 Å². The first kappa shape index (κ1) is 10.2. The number of hydrogen-bond acceptors (Lipinski definition) is 1. The summed E-state index contributed by atoms with van der Waals surface area (Å²) in [6.45, 7) is 0. The molecule has 0 aromatic heterocycles. The summed E-state index contributed by atoms with van der Waals surface area (Å²) < 4.78 is 2.36. The van der Waals surface area contributed by atoms with Crippen LogP contribution >= 0.6 is 47.8 Å². The smallest absolute Gasteiger partial charge is 0.249 e. The van der Waals surface area contributed by atoms with Crippen LogP contribution in [0.5, 0.6) is 0 Å². The van der Waals surface area contributed by atoms with Crippen LogP contribution in [0.15, 0.2) is 25.6 Å². The Kier molecular flexibility index (Phi) is 3.31. The molecule has 1 amide bonds. The second-order valence-corrected chi connectivity index (χ2v) is 4.67. The van der Waals surface area contributed by atoms with E-state index >= 15 is 0 Å². The lowest BCUT2D eigenvalue weighted by Gasteiger charge is -2.02. The quantitative estimate of drug-likeness (QED) is 0.771. The molecule has 0 saturated heterocycles. The van der Waals surface area contributed by atoms with E-state index in [2.05, 4.69) is 47.8 Å². The maximum atomic E-state index is 10.8. The van der Waals surface area contributed by atoms with Crippen LogP contribution < -0.4 is 5.73 Å². The summed E-state index contributed by atoms with van der Waals surface area (Å²) in [6, 6.07) is 3.43. The van der Waals surface area contributed by atoms with Crippen molar-refractivity contribution in [1.29, 1.82) is 0 Å². The molecule has 64 valence electrons. The van der Waals surface area contributed by atoms with Gasteiger partial charge in [0.2, 0.25) is 5.91 Å². The standard InChI is InChI=1S/C7H4Br3NO/c8-4-2-6(10)5(9)1-3(4)7(11)12/h1-2H,(H2,11,12). The lowest BCUT2D eigenvalue weighted by molar-refractivity contribution is 0.0999. The van der Waals surface area contributed by atoms with Gasteiger partial charge in [0.25, 0.3) is 0 Å². The van der Waals surface area contributed by atoms with E-state index in [9.17, 15) is 4.79 Å². The molecule has 0 heterocycles. The number of primary amides is 1. The van der Waals surface area contributed by atoms with Gasteiger partial charge >= 0.3 is 0 Å². The summed E-state index contributed by atoms with van der Waals surface area (Å²) in [5.74, 6) is -0.449. The van der Waals surface area contributed by atoms with Crippen LogP contribution in [0, 0.1) is 0 Å². The van der Waals surface area contributed by atoms with Crippen molar-refractivity contribution in [3.8, 4) is 0 Å². The zero-order chi connectivity index (χ0) is 9.30. The average Bonchev–Trinajstić information content (AvgIpc) is 1.96. The molecule has 0 saturated carbocycles. The molecule has 0 atom stereocenters. The van der Waals surface area contributed by atoms with E-state index in [-0.39, 0.29) is 0 Å². The van der Waals surface area contributed by atoms with E-state index in [0.717, 1.165) is 8.95 Å². The van der Waals surface area contributed by atoms with Crippen molar-refractivity contribution in [2.24, 2.45) is 5.73 Å². The molecule has 0 bridgehead atoms. The normalized spacial score (nSPS) is 9.92. The Morgan fingerprint density at radius 1 is 1.08 bits per heavy atom. The molecular formula is C7H4Br3NO. The van der Waals surface area contributed by atoms with E-state index in [1.165, 1.54) is 0 Å². The summed E-state index contributed by atoms with van der Waals surface area (Å²) in [5, 5.41) is 0. The first-order valence-corrected chi connectivity index (χ1v) is 5.34. The summed E-state index contributed by atoms with van der Waals surface area (Å²) in [5.41, 5.74) is 5.59. The van der Waals surface area contributed by atoms with Gasteiger partial charge in [-0.15, -0.1) is 0 Å². The second-order valence-electron chi connectivity index (χ2n) is 2.11. The van der Waals surface area contributed by atoms with E-state index in [1.54, 1.807) is 12.1 Å². The minimum Gasteiger partial charge on any atom is -0.366 e. The van der Waals surface area contributed by atoms with Crippen LogP contribution in [0.4, 0.5) is 0 Å². The molecule has 0 fully saturated rings. The molecule has 0 radical (unpaired) electrons. The highest BCUT2D eigenvalue weighted by molar-refractivity contribution is 9.13. The Labute approximate surface area is 94.9 Å². The highest BCUT2D eigenvalue weighted by Crippen LogP contribution is 2.29. The number of benzene rings is 1. The predicted octanol–water partition coefficient (Wildman–Crippen LogP) is 3.07. The maximum absolute atomic E-state index is 10.8. The third kappa shape index (κ3) is 2.08. The fourth-order valence-electron chi connectivity index (χ4n) is 0.711. The van der Waals surface area contributed by atoms with Crippen LogP contribution in [0.25, 0.3) is 0 Å². The third-order valence-corrected chi connectivity index (χ3v) is 3.78. The number of carbonyl (C=O) groups excluding carboxylic acids is 1. The highest BCUT2D eigenvalue weighted by Gasteiger charge is 2.08. The van der Waals surface area contributed by atoms with Gasteiger partial charge in [0.15, 0.2) is 0 Å². The van der Waals surface area contributed by atoms with Crippen molar-refractivity contribution in [2.75, 3.05) is 0 Å². The number of hydrogen-bond donors (Lipinski definition) is 1. The maximum Gasteiger partial charge on any atom is 0.249 e. The Morgan fingerprint density at radius 2 is 1.58 bits per heavy atom. The van der Waals surface area contributed by atoms with Crippen LogP contribution in [-0.4, -0.2) is 5.91 Å². The molecule has 2 N–H and O–H groups in total. The molecule has 1 aromatic carbocycles. The molecule has 0 aliphatic heterocycles. The number of rotatable bonds is 1. The fourth-order valence-corrected chi connectivity index (χ4v) is 2.24. The largest absolute Gasteiger partial charge is 0.366 e. The molecule has 2 nitrogen and oxygen atoms in total. The number of carbonyl (C=O) groups is 1. The summed E-state index contributed by atoms with van der Waals surface area (Å²) >= 11 is 9.80. The van der Waals surface area contributed by atoms with Crippen LogP contribution in [0.2, 0.25) is 0 Å². The highest BCUT2D eigenvalue weighted by atomic mass is 79.9. The van der Waals surface area contributed by atoms with E-state index in [1.807, 2.05) is 0 Å². The summed E-state index contributed by atoms with van der Waals surface area (Å²) in [6.07, 6.45) is 0. The minimum absolute atomic E-state index is 0.449. The fraction of sp³-hybridized carbons (Fsp3) is 0. The van der Waals surface area contributed by atoms with Gasteiger partial charge in [-0.25, -0.2) is 0 Å². The minimum atomic E-state index is -0.449. The zero-order valence-electron chi connectivity index (χ0n) is 5.77. The summed E-state index contributed by atoms with van der Waals surface area (Å²) in [4.78, 5) is 10.8. The van der Waals surface area contributed by atoms with Gasteiger partial charge in [-0.3, -0.25) is 4.79 Å². The van der Waals surface area contributed by atoms with Crippen molar-refractivity contribution in [3.05, 3.63) is 31.1 Å². The van der Waals surface area contributed by atoms with E-state index in [4.69, 9.17) is 5.73 Å². The van der Waals surface area contributed by atoms with Crippen molar-refractivity contribution >= 4 is 53.7 Å². The van der Waals surface area contributed by atoms with Crippen molar-refractivity contribution in [3.63, 3.8) is 0 Å². The topological polar surface area (TPSA) is 43.1 Å². The van der Waals surface area contributed by atoms with Gasteiger partial charge in [0, 0.05) is 13.4 Å². The van der Waals surface area contributed by atoms with Crippen molar-refractivity contribution < 1.29 is 4.79 Å². The number of amides is 1. The number of halogens is 3. The van der Waals surface area contributed by atoms with E-state index < -0.39 is 5.91 Å². The van der Waals surface area contributed by atoms with Crippen LogP contribution in [0.1, 0.15) is 10.4 Å². The Morgan fingerprint density at radius 3 is 2.08 bits per heavy atom. The van der Waals surface area contributed by atoms with Crippen LogP contribution in [-0.2, 0) is 0 Å². The molecule has 1 aromatic rings. The summed E-state index contributed by atoms with van der Waals surface area (Å²) in [7, 11) is 0. The molecule has 0 aliphatic rings. The molecule has 0 aliphatic carbocycles. The lowest BCUT2D eigenvalue weighted by atomic mass is 10.2. The first-order valence-electron chi connectivity index (χ1n) is 2.96. The molecular weight excluding hydrogens is 354 g/mol. The molecule has 5 heteroatoms. The molecule has 0 spiro atoms. The predicted molar refractivity (Wildman–Crippen MR) is 58.1 cm³/mol. The molecule has 0 unspecified atom stereocenters. The second kappa shape index (κ2) is 3.89. The Hall–Kier alpha value is 0.130. The van der Waals surface area contributed by atoms with Gasteiger partial charge in [0.1, 0.15) is 0 Å². The van der Waals surface area contributed by atoms with Crippen molar-refractivity contribution in [1.82, 2.24) is 0 Å². The van der Waals surface area contributed by atoms with Gasteiger partial charge in [0.05, 0.1) is 5.56 Å². The monoisotopic (exact) mass is 355 g/mol. The van der Waals surface area contributed by atoms with Crippen LogP contribution in [0.3, 0.4) is 0 Å². The Bertz CT molecular complexity index is 338. The Balaban J connectivity index is 3.33. The first-order chi connectivity index (χ1) is 5.52. The van der Waals surface area contributed by atoms with E-state index in [0.29, 0.717) is 10.0 Å². The molecule has 12 heavy (non-hydrogen) atoms. The molecule has 1 rings (SSSR count). The lowest BCUT2D eigenvalue weighted by Crippen LogP contribution is -2.11. The van der Waals surface area contributed by atoms with Gasteiger partial charge < -0.3 is 5.73 Å². The zero-order valence-corrected chi connectivity index (χ0v) is 10.5. The average molecular weight is 358 g/mol.